The van der Waals surface area contributed by atoms with E-state index in [0.29, 0.717) is 28.7 Å². The summed E-state index contributed by atoms with van der Waals surface area (Å²) >= 11 is 0. The summed E-state index contributed by atoms with van der Waals surface area (Å²) in [5.74, 6) is 0.220. The van der Waals surface area contributed by atoms with Crippen LogP contribution in [0.3, 0.4) is 0 Å². The Morgan fingerprint density at radius 1 is 0.591 bits per heavy atom. The summed E-state index contributed by atoms with van der Waals surface area (Å²) in [6, 6.07) is 9.39. The topological polar surface area (TPSA) is 248 Å². The molecule has 0 radical (unpaired) electrons. The van der Waals surface area contributed by atoms with Crippen molar-refractivity contribution in [2.45, 2.75) is 35.5 Å². The van der Waals surface area contributed by atoms with Crippen LogP contribution in [-0.4, -0.2) is 46.0 Å². The maximum Gasteiger partial charge on any atom is 0.296 e. The molecule has 0 aliphatic carbocycles. The van der Waals surface area contributed by atoms with Gasteiger partial charge in [0.15, 0.2) is 0 Å². The number of nitrogen functional groups attached to an aromatic ring is 1. The van der Waals surface area contributed by atoms with Crippen molar-refractivity contribution >= 4 is 69.6 Å². The summed E-state index contributed by atoms with van der Waals surface area (Å²) in [4.78, 5) is -2.79. The molecule has 232 valence electrons. The number of hydrogen-bond acceptors (Lipinski definition) is 12. The van der Waals surface area contributed by atoms with E-state index >= 15 is 0 Å². The van der Waals surface area contributed by atoms with Crippen LogP contribution in [0, 0.1) is 20.8 Å². The second kappa shape index (κ2) is 11.6. The SMILES string of the molecule is COc1cc(N=Nc2cc3c(S(=O)(=O)O)cc(S(=O)(=O)O)cc3cc2S(=O)(=O)O)c(C)cc1N=Nc1cc(C)c(N)cc1C. The maximum absolute atomic E-state index is 12.2. The minimum atomic E-state index is -5.10. The smallest absolute Gasteiger partial charge is 0.296 e. The van der Waals surface area contributed by atoms with Crippen LogP contribution < -0.4 is 10.5 Å². The molecule has 44 heavy (non-hydrogen) atoms. The first-order chi connectivity index (χ1) is 20.3. The molecule has 0 unspecified atom stereocenters. The molecule has 0 aromatic heterocycles. The molecule has 18 heteroatoms. The van der Waals surface area contributed by atoms with Crippen LogP contribution in [0.2, 0.25) is 0 Å². The largest absolute Gasteiger partial charge is 0.494 e. The number of anilines is 1. The number of nitrogens with zero attached hydrogens (tertiary/aromatic N) is 4. The van der Waals surface area contributed by atoms with Gasteiger partial charge in [-0.05, 0) is 85.3 Å². The predicted molar refractivity (Wildman–Crippen MR) is 160 cm³/mol. The van der Waals surface area contributed by atoms with Crippen LogP contribution in [-0.2, 0) is 30.4 Å². The normalized spacial score (nSPS) is 12.9. The number of methoxy groups -OCH3 is 1. The number of rotatable bonds is 8. The Hall–Kier alpha value is -4.33. The van der Waals surface area contributed by atoms with Gasteiger partial charge in [0.05, 0.1) is 23.4 Å². The van der Waals surface area contributed by atoms with Crippen molar-refractivity contribution in [1.82, 2.24) is 0 Å². The molecule has 0 amide bonds. The number of ether oxygens (including phenoxy) is 1. The van der Waals surface area contributed by atoms with E-state index in [-0.39, 0.29) is 22.2 Å². The number of hydrogen-bond donors (Lipinski definition) is 4. The van der Waals surface area contributed by atoms with E-state index in [0.717, 1.165) is 29.3 Å². The molecule has 0 aliphatic rings. The van der Waals surface area contributed by atoms with Crippen LogP contribution in [0.25, 0.3) is 10.8 Å². The Bertz CT molecular complexity index is 2230. The predicted octanol–water partition coefficient (Wildman–Crippen LogP) is 5.93. The number of fused-ring (bicyclic) bond motifs is 1. The molecule has 0 saturated heterocycles. The van der Waals surface area contributed by atoms with Crippen molar-refractivity contribution in [3.63, 3.8) is 0 Å². The lowest BCUT2D eigenvalue weighted by atomic mass is 10.1. The second-order valence-corrected chi connectivity index (χ2v) is 13.8. The van der Waals surface area contributed by atoms with Gasteiger partial charge in [0, 0.05) is 17.1 Å². The van der Waals surface area contributed by atoms with Crippen molar-refractivity contribution in [1.29, 1.82) is 0 Å². The van der Waals surface area contributed by atoms with E-state index in [2.05, 4.69) is 20.5 Å². The highest BCUT2D eigenvalue weighted by Crippen LogP contribution is 2.39. The molecular weight excluding hydrogens is 639 g/mol. The molecule has 0 atom stereocenters. The van der Waals surface area contributed by atoms with Crippen molar-refractivity contribution < 1.29 is 43.6 Å². The van der Waals surface area contributed by atoms with E-state index in [9.17, 15) is 38.9 Å². The lowest BCUT2D eigenvalue weighted by molar-refractivity contribution is 0.416. The van der Waals surface area contributed by atoms with Gasteiger partial charge in [-0.2, -0.15) is 35.5 Å². The zero-order valence-electron chi connectivity index (χ0n) is 23.4. The lowest BCUT2D eigenvalue weighted by Crippen LogP contribution is -2.05. The monoisotopic (exact) mass is 663 g/mol. The van der Waals surface area contributed by atoms with E-state index in [4.69, 9.17) is 10.5 Å². The summed E-state index contributed by atoms with van der Waals surface area (Å²) < 4.78 is 106. The minimum Gasteiger partial charge on any atom is -0.494 e. The quantitative estimate of drug-likeness (QED) is 0.0977. The lowest BCUT2D eigenvalue weighted by Gasteiger charge is -2.11. The van der Waals surface area contributed by atoms with Gasteiger partial charge in [-0.15, -0.1) is 10.2 Å². The van der Waals surface area contributed by atoms with Gasteiger partial charge in [-0.3, -0.25) is 13.7 Å². The summed E-state index contributed by atoms with van der Waals surface area (Å²) in [7, 11) is -13.7. The van der Waals surface area contributed by atoms with Gasteiger partial charge in [0.2, 0.25) is 0 Å². The van der Waals surface area contributed by atoms with Crippen molar-refractivity contribution in [3.8, 4) is 5.75 Å². The average molecular weight is 664 g/mol. The third kappa shape index (κ3) is 6.90. The van der Waals surface area contributed by atoms with E-state index in [1.165, 1.54) is 13.2 Å². The van der Waals surface area contributed by atoms with Crippen LogP contribution in [0.1, 0.15) is 16.7 Å². The second-order valence-electron chi connectivity index (χ2n) is 9.59. The maximum atomic E-state index is 12.2. The standard InChI is InChI=1S/C26H25N5O10S3/c1-13-6-20(14(2)5-19(13)27)28-30-22-7-15(3)21(12-24(22)41-4)29-31-23-11-18-16(9-26(23)44(38,39)40)8-17(42(32,33)34)10-25(18)43(35,36)37/h5-12H,27H2,1-4H3,(H,32,33,34)(H,35,36,37)(H,38,39,40). The number of azo groups is 2. The third-order valence-corrected chi connectivity index (χ3v) is 9.04. The summed E-state index contributed by atoms with van der Waals surface area (Å²) in [5.41, 5.74) is 9.18. The Morgan fingerprint density at radius 2 is 1.11 bits per heavy atom. The molecule has 0 spiro atoms. The van der Waals surface area contributed by atoms with Crippen molar-refractivity contribution in [3.05, 3.63) is 65.2 Å². The molecule has 0 fully saturated rings. The van der Waals surface area contributed by atoms with E-state index < -0.39 is 50.7 Å². The number of aryl methyl sites for hydroxylation is 3. The van der Waals surface area contributed by atoms with Gasteiger partial charge in [0.25, 0.3) is 30.4 Å². The molecule has 0 bridgehead atoms. The molecule has 4 aromatic rings. The van der Waals surface area contributed by atoms with E-state index in [1.807, 2.05) is 13.8 Å². The minimum absolute atomic E-state index is 0.165. The van der Waals surface area contributed by atoms with Gasteiger partial charge in [-0.25, -0.2) is 0 Å². The Labute approximate surface area is 252 Å². The highest BCUT2D eigenvalue weighted by molar-refractivity contribution is 7.87. The van der Waals surface area contributed by atoms with Gasteiger partial charge in [-0.1, -0.05) is 0 Å². The Morgan fingerprint density at radius 3 is 1.68 bits per heavy atom. The molecular formula is C26H25N5O10S3. The summed E-state index contributed by atoms with van der Waals surface area (Å²) in [6.45, 7) is 5.31. The highest BCUT2D eigenvalue weighted by atomic mass is 32.2. The zero-order valence-corrected chi connectivity index (χ0v) is 25.9. The zero-order chi connectivity index (χ0) is 32.8. The van der Waals surface area contributed by atoms with Crippen molar-refractivity contribution in [2.75, 3.05) is 12.8 Å². The average Bonchev–Trinajstić information content (AvgIpc) is 2.91. The molecule has 0 heterocycles. The first kappa shape index (κ1) is 32.6. The first-order valence-corrected chi connectivity index (χ1v) is 16.5. The molecule has 4 aromatic carbocycles. The molecule has 15 nitrogen and oxygen atoms in total. The molecule has 0 saturated carbocycles. The fraction of sp³-hybridized carbons (Fsp3) is 0.154. The number of benzene rings is 4. The highest BCUT2D eigenvalue weighted by Gasteiger charge is 2.24. The molecule has 5 N–H and O–H groups in total. The van der Waals surface area contributed by atoms with Crippen LogP contribution >= 0.6 is 0 Å². The van der Waals surface area contributed by atoms with E-state index in [1.54, 1.807) is 25.1 Å². The summed E-state index contributed by atoms with van der Waals surface area (Å²) in [5, 5.41) is 15.7. The molecule has 0 aliphatic heterocycles. The van der Waals surface area contributed by atoms with Crippen LogP contribution in [0.15, 0.2) is 83.7 Å². The first-order valence-electron chi connectivity index (χ1n) is 12.2. The third-order valence-electron chi connectivity index (χ3n) is 6.43. The van der Waals surface area contributed by atoms with Gasteiger partial charge in [0.1, 0.15) is 26.9 Å². The Kier molecular flexibility index (Phi) is 8.62. The summed E-state index contributed by atoms with van der Waals surface area (Å²) in [6.07, 6.45) is 0. The molecule has 4 rings (SSSR count). The van der Waals surface area contributed by atoms with Gasteiger partial charge >= 0.3 is 0 Å². The van der Waals surface area contributed by atoms with Crippen LogP contribution in [0.5, 0.6) is 5.75 Å². The fourth-order valence-electron chi connectivity index (χ4n) is 4.12. The Balaban J connectivity index is 1.86. The van der Waals surface area contributed by atoms with Crippen LogP contribution in [0.4, 0.5) is 28.4 Å². The fourth-order valence-corrected chi connectivity index (χ4v) is 6.11. The number of nitrogens with two attached hydrogens (primary N) is 1. The van der Waals surface area contributed by atoms with Crippen molar-refractivity contribution in [2.24, 2.45) is 20.5 Å². The van der Waals surface area contributed by atoms with Gasteiger partial charge < -0.3 is 10.5 Å².